The summed E-state index contributed by atoms with van der Waals surface area (Å²) < 4.78 is 5.29. The molecular weight excluding hydrogens is 226 g/mol. The Kier molecular flexibility index (Phi) is 8.59. The van der Waals surface area contributed by atoms with Gasteiger partial charge >= 0.3 is 0 Å². The normalized spacial score (nSPS) is 20.2. The number of ether oxygens (including phenoxy) is 1. The summed E-state index contributed by atoms with van der Waals surface area (Å²) in [6.45, 7) is 7.56. The minimum absolute atomic E-state index is 0.473. The first kappa shape index (κ1) is 15.9. The summed E-state index contributed by atoms with van der Waals surface area (Å²) in [5.41, 5.74) is 5.58. The van der Waals surface area contributed by atoms with Crippen LogP contribution in [0.25, 0.3) is 0 Å². The van der Waals surface area contributed by atoms with Crippen LogP contribution in [0.3, 0.4) is 0 Å². The molecule has 1 atom stereocenters. The molecule has 0 amide bonds. The lowest BCUT2D eigenvalue weighted by molar-refractivity contribution is 0.137. The molecule has 4 heteroatoms. The predicted molar refractivity (Wildman–Crippen MR) is 76.8 cm³/mol. The number of nitrogens with one attached hydrogen (secondary N) is 1. The van der Waals surface area contributed by atoms with Gasteiger partial charge in [-0.1, -0.05) is 6.92 Å². The Morgan fingerprint density at radius 2 is 2.11 bits per heavy atom. The number of rotatable bonds is 9. The Balaban J connectivity index is 2.23. The molecule has 0 bridgehead atoms. The lowest BCUT2D eigenvalue weighted by atomic mass is 10.0. The van der Waals surface area contributed by atoms with Gasteiger partial charge in [0.25, 0.3) is 0 Å². The fourth-order valence-electron chi connectivity index (χ4n) is 2.75. The summed E-state index contributed by atoms with van der Waals surface area (Å²) in [5.74, 6) is 0. The molecule has 0 aromatic rings. The van der Waals surface area contributed by atoms with E-state index in [0.717, 1.165) is 26.0 Å². The van der Waals surface area contributed by atoms with Gasteiger partial charge in [0.1, 0.15) is 0 Å². The third-order valence-corrected chi connectivity index (χ3v) is 3.72. The second kappa shape index (κ2) is 9.73. The highest BCUT2D eigenvalue weighted by Crippen LogP contribution is 2.12. The second-order valence-corrected chi connectivity index (χ2v) is 5.37. The molecular formula is C14H31N3O. The van der Waals surface area contributed by atoms with Crippen molar-refractivity contribution in [2.45, 2.75) is 51.1 Å². The molecule has 0 spiro atoms. The summed E-state index contributed by atoms with van der Waals surface area (Å²) in [4.78, 5) is 2.57. The zero-order valence-electron chi connectivity index (χ0n) is 12.2. The van der Waals surface area contributed by atoms with Crippen molar-refractivity contribution in [3.8, 4) is 0 Å². The number of nitrogens with two attached hydrogens (primary N) is 1. The van der Waals surface area contributed by atoms with Crippen LogP contribution in [0.4, 0.5) is 0 Å². The monoisotopic (exact) mass is 257 g/mol. The first-order valence-electron chi connectivity index (χ1n) is 7.47. The topological polar surface area (TPSA) is 50.5 Å². The Bertz CT molecular complexity index is 193. The molecule has 1 saturated heterocycles. The molecule has 0 saturated carbocycles. The van der Waals surface area contributed by atoms with Crippen LogP contribution in [0.2, 0.25) is 0 Å². The van der Waals surface area contributed by atoms with E-state index in [1.807, 2.05) is 0 Å². The third kappa shape index (κ3) is 6.14. The summed E-state index contributed by atoms with van der Waals surface area (Å²) >= 11 is 0. The van der Waals surface area contributed by atoms with Gasteiger partial charge < -0.3 is 20.7 Å². The number of hydrogen-bond acceptors (Lipinski definition) is 4. The summed E-state index contributed by atoms with van der Waals surface area (Å²) in [6, 6.07) is 1.14. The predicted octanol–water partition coefficient (Wildman–Crippen LogP) is 1.20. The maximum atomic E-state index is 5.58. The van der Waals surface area contributed by atoms with Crippen molar-refractivity contribution in [1.29, 1.82) is 0 Å². The smallest absolute Gasteiger partial charge is 0.0615 e. The fourth-order valence-corrected chi connectivity index (χ4v) is 2.75. The summed E-state index contributed by atoms with van der Waals surface area (Å²) in [7, 11) is 1.78. The number of hydrogen-bond donors (Lipinski definition) is 2. The summed E-state index contributed by atoms with van der Waals surface area (Å²) in [6.07, 6.45) is 6.00. The van der Waals surface area contributed by atoms with E-state index in [1.165, 1.54) is 38.9 Å². The molecule has 1 fully saturated rings. The van der Waals surface area contributed by atoms with Crippen LogP contribution in [-0.4, -0.2) is 56.9 Å². The van der Waals surface area contributed by atoms with Crippen LogP contribution in [0.15, 0.2) is 0 Å². The van der Waals surface area contributed by atoms with Gasteiger partial charge in [0.2, 0.25) is 0 Å². The zero-order valence-corrected chi connectivity index (χ0v) is 12.2. The first-order chi connectivity index (χ1) is 8.80. The maximum Gasteiger partial charge on any atom is 0.0615 e. The standard InChI is InChI=1S/C14H31N3O/c1-3-9-17-10-6-13(7-11-17)16-14(12-18-2)5-4-8-15/h13-14,16H,3-12,15H2,1-2H3. The van der Waals surface area contributed by atoms with Crippen LogP contribution >= 0.6 is 0 Å². The Morgan fingerprint density at radius 3 is 2.67 bits per heavy atom. The van der Waals surface area contributed by atoms with Crippen molar-refractivity contribution < 1.29 is 4.74 Å². The van der Waals surface area contributed by atoms with E-state index in [4.69, 9.17) is 10.5 Å². The largest absolute Gasteiger partial charge is 0.383 e. The molecule has 18 heavy (non-hydrogen) atoms. The summed E-state index contributed by atoms with van der Waals surface area (Å²) in [5, 5.41) is 3.75. The SMILES string of the molecule is CCCN1CCC(NC(CCCN)COC)CC1. The Hall–Kier alpha value is -0.160. The minimum atomic E-state index is 0.473. The van der Waals surface area contributed by atoms with E-state index in [0.29, 0.717) is 12.1 Å². The maximum absolute atomic E-state index is 5.58. The highest BCUT2D eigenvalue weighted by molar-refractivity contribution is 4.80. The van der Waals surface area contributed by atoms with Gasteiger partial charge in [-0.2, -0.15) is 0 Å². The van der Waals surface area contributed by atoms with Gasteiger partial charge in [-0.15, -0.1) is 0 Å². The fraction of sp³-hybridized carbons (Fsp3) is 1.00. The lowest BCUT2D eigenvalue weighted by Crippen LogP contribution is -2.47. The molecule has 0 aromatic heterocycles. The van der Waals surface area contributed by atoms with E-state index in [-0.39, 0.29) is 0 Å². The van der Waals surface area contributed by atoms with Crippen molar-refractivity contribution in [3.63, 3.8) is 0 Å². The molecule has 108 valence electrons. The van der Waals surface area contributed by atoms with Crippen molar-refractivity contribution in [2.75, 3.05) is 39.9 Å². The van der Waals surface area contributed by atoms with Crippen LogP contribution in [-0.2, 0) is 4.74 Å². The van der Waals surface area contributed by atoms with E-state index >= 15 is 0 Å². The van der Waals surface area contributed by atoms with Crippen LogP contribution in [0, 0.1) is 0 Å². The Morgan fingerprint density at radius 1 is 1.39 bits per heavy atom. The lowest BCUT2D eigenvalue weighted by Gasteiger charge is -2.34. The highest BCUT2D eigenvalue weighted by Gasteiger charge is 2.20. The van der Waals surface area contributed by atoms with Crippen molar-refractivity contribution >= 4 is 0 Å². The molecule has 1 aliphatic rings. The molecule has 1 heterocycles. The van der Waals surface area contributed by atoms with E-state index in [1.54, 1.807) is 7.11 Å². The second-order valence-electron chi connectivity index (χ2n) is 5.37. The number of nitrogens with zero attached hydrogens (tertiary/aromatic N) is 1. The van der Waals surface area contributed by atoms with Crippen LogP contribution < -0.4 is 11.1 Å². The van der Waals surface area contributed by atoms with E-state index < -0.39 is 0 Å². The van der Waals surface area contributed by atoms with Crippen molar-refractivity contribution in [1.82, 2.24) is 10.2 Å². The van der Waals surface area contributed by atoms with Gasteiger partial charge in [0.05, 0.1) is 6.61 Å². The number of piperidine rings is 1. The first-order valence-corrected chi connectivity index (χ1v) is 7.47. The van der Waals surface area contributed by atoms with Gasteiger partial charge in [-0.3, -0.25) is 0 Å². The van der Waals surface area contributed by atoms with Crippen molar-refractivity contribution in [3.05, 3.63) is 0 Å². The molecule has 1 rings (SSSR count). The average molecular weight is 257 g/mol. The zero-order chi connectivity index (χ0) is 13.2. The highest BCUT2D eigenvalue weighted by atomic mass is 16.5. The molecule has 4 nitrogen and oxygen atoms in total. The molecule has 1 aliphatic heterocycles. The molecule has 0 radical (unpaired) electrons. The minimum Gasteiger partial charge on any atom is -0.383 e. The van der Waals surface area contributed by atoms with Gasteiger partial charge in [-0.25, -0.2) is 0 Å². The van der Waals surface area contributed by atoms with E-state index in [2.05, 4.69) is 17.1 Å². The Labute approximate surface area is 112 Å². The van der Waals surface area contributed by atoms with Gasteiger partial charge in [-0.05, 0) is 58.3 Å². The molecule has 0 aliphatic carbocycles. The van der Waals surface area contributed by atoms with E-state index in [9.17, 15) is 0 Å². The number of methoxy groups -OCH3 is 1. The average Bonchev–Trinajstić information content (AvgIpc) is 2.39. The molecule has 3 N–H and O–H groups in total. The molecule has 0 aromatic carbocycles. The third-order valence-electron chi connectivity index (χ3n) is 3.72. The number of likely N-dealkylation sites (tertiary alicyclic amines) is 1. The van der Waals surface area contributed by atoms with Gasteiger partial charge in [0.15, 0.2) is 0 Å². The van der Waals surface area contributed by atoms with Gasteiger partial charge in [0, 0.05) is 19.2 Å². The van der Waals surface area contributed by atoms with Crippen molar-refractivity contribution in [2.24, 2.45) is 5.73 Å². The van der Waals surface area contributed by atoms with Crippen LogP contribution in [0.1, 0.15) is 39.0 Å². The van der Waals surface area contributed by atoms with Crippen LogP contribution in [0.5, 0.6) is 0 Å². The molecule has 1 unspecified atom stereocenters. The quantitative estimate of drug-likeness (QED) is 0.652.